The molecule has 12 nitrogen and oxygen atoms in total. The Bertz CT molecular complexity index is 1130. The molecule has 1 aromatic rings. The summed E-state index contributed by atoms with van der Waals surface area (Å²) >= 11 is 0. The number of benzene rings is 1. The number of esters is 1. The second kappa shape index (κ2) is 18.9. The molecule has 2 saturated heterocycles. The van der Waals surface area contributed by atoms with Gasteiger partial charge in [0, 0.05) is 65.5 Å². The molecular weight excluding hydrogens is 624 g/mol. The summed E-state index contributed by atoms with van der Waals surface area (Å²) in [6.45, 7) is 7.99. The van der Waals surface area contributed by atoms with Gasteiger partial charge in [-0.2, -0.15) is 0 Å². The van der Waals surface area contributed by atoms with Crippen molar-refractivity contribution in [3.63, 3.8) is 0 Å². The van der Waals surface area contributed by atoms with E-state index in [2.05, 4.69) is 13.0 Å². The van der Waals surface area contributed by atoms with E-state index in [-0.39, 0.29) is 38.4 Å². The van der Waals surface area contributed by atoms with Gasteiger partial charge in [-0.05, 0) is 24.5 Å². The summed E-state index contributed by atoms with van der Waals surface area (Å²) in [5, 5.41) is 34.9. The lowest BCUT2D eigenvalue weighted by molar-refractivity contribution is -0.379. The Balaban J connectivity index is 1.99. The van der Waals surface area contributed by atoms with E-state index < -0.39 is 66.0 Å². The molecule has 2 aliphatic heterocycles. The highest BCUT2D eigenvalue weighted by Gasteiger charge is 2.60. The Labute approximate surface area is 285 Å². The van der Waals surface area contributed by atoms with Gasteiger partial charge in [0.15, 0.2) is 6.10 Å². The number of aliphatic hydroxyl groups is 3. The highest BCUT2D eigenvalue weighted by atomic mass is 16.7. The molecule has 2 bridgehead atoms. The molecule has 48 heavy (non-hydrogen) atoms. The molecule has 12 heteroatoms. The van der Waals surface area contributed by atoms with Gasteiger partial charge in [0.25, 0.3) is 0 Å². The second-order valence-electron chi connectivity index (χ2n) is 13.5. The molecule has 1 aromatic carbocycles. The van der Waals surface area contributed by atoms with E-state index in [0.29, 0.717) is 13.2 Å². The van der Waals surface area contributed by atoms with Gasteiger partial charge in [-0.1, -0.05) is 57.2 Å². The van der Waals surface area contributed by atoms with E-state index in [1.165, 1.54) is 28.4 Å². The van der Waals surface area contributed by atoms with Crippen molar-refractivity contribution in [2.24, 2.45) is 11.3 Å². The molecule has 2 aliphatic rings. The third-order valence-electron chi connectivity index (χ3n) is 9.92. The normalized spacial score (nSPS) is 34.2. The molecule has 0 aromatic heterocycles. The van der Waals surface area contributed by atoms with Crippen LogP contribution in [-0.4, -0.2) is 118 Å². The third kappa shape index (κ3) is 10.1. The third-order valence-corrected chi connectivity index (χ3v) is 9.92. The van der Waals surface area contributed by atoms with Crippen molar-refractivity contribution >= 4 is 5.97 Å². The summed E-state index contributed by atoms with van der Waals surface area (Å²) in [6, 6.07) is 9.94. The first-order valence-electron chi connectivity index (χ1n) is 16.8. The average molecular weight is 683 g/mol. The van der Waals surface area contributed by atoms with Crippen LogP contribution in [0.15, 0.2) is 42.0 Å². The van der Waals surface area contributed by atoms with Crippen molar-refractivity contribution in [1.82, 2.24) is 0 Å². The lowest BCUT2D eigenvalue weighted by Gasteiger charge is -2.54. The number of hydrogen-bond acceptors (Lipinski definition) is 12. The quantitative estimate of drug-likeness (QED) is 0.159. The van der Waals surface area contributed by atoms with Gasteiger partial charge in [0.2, 0.25) is 5.79 Å². The molecule has 0 aliphatic carbocycles. The Morgan fingerprint density at radius 2 is 1.67 bits per heavy atom. The van der Waals surface area contributed by atoms with E-state index in [1.54, 1.807) is 13.8 Å². The topological polar surface area (TPSA) is 152 Å². The predicted octanol–water partition coefficient (Wildman–Crippen LogP) is 3.53. The van der Waals surface area contributed by atoms with Gasteiger partial charge in [-0.15, -0.1) is 0 Å². The van der Waals surface area contributed by atoms with Crippen LogP contribution < -0.4 is 0 Å². The molecule has 2 heterocycles. The van der Waals surface area contributed by atoms with Gasteiger partial charge in [0.1, 0.15) is 19.0 Å². The minimum absolute atomic E-state index is 0.0410. The summed E-state index contributed by atoms with van der Waals surface area (Å²) in [5.74, 6) is -2.85. The number of methoxy groups -OCH3 is 4. The molecule has 3 rings (SSSR count). The zero-order chi connectivity index (χ0) is 35.5. The van der Waals surface area contributed by atoms with Gasteiger partial charge in [-0.3, -0.25) is 0 Å². The smallest absolute Gasteiger partial charge is 0.338 e. The summed E-state index contributed by atoms with van der Waals surface area (Å²) in [4.78, 5) is 13.9. The summed E-state index contributed by atoms with van der Waals surface area (Å²) in [6.07, 6.45) is -4.36. The molecule has 10 atom stereocenters. The number of rotatable bonds is 13. The Morgan fingerprint density at radius 1 is 1.00 bits per heavy atom. The second-order valence-corrected chi connectivity index (χ2v) is 13.5. The van der Waals surface area contributed by atoms with E-state index in [4.69, 9.17) is 37.9 Å². The molecule has 0 unspecified atom stereocenters. The van der Waals surface area contributed by atoms with Crippen LogP contribution in [0.1, 0.15) is 65.4 Å². The molecule has 0 radical (unpaired) electrons. The number of fused-ring (bicyclic) bond motifs is 2. The van der Waals surface area contributed by atoms with Crippen molar-refractivity contribution in [2.75, 3.05) is 41.8 Å². The lowest BCUT2D eigenvalue weighted by atomic mass is 9.70. The molecular formula is C36H58O12. The van der Waals surface area contributed by atoms with Crippen LogP contribution in [0.25, 0.3) is 0 Å². The molecule has 0 saturated carbocycles. The first kappa shape index (κ1) is 40.5. The number of ether oxygens (including phenoxy) is 8. The molecule has 0 spiro atoms. The number of cyclic esters (lactones) is 1. The molecule has 0 amide bonds. The fraction of sp³-hybridized carbons (Fsp3) is 0.750. The highest BCUT2D eigenvalue weighted by molar-refractivity contribution is 5.76. The monoisotopic (exact) mass is 682 g/mol. The first-order chi connectivity index (χ1) is 22.8. The van der Waals surface area contributed by atoms with Gasteiger partial charge >= 0.3 is 5.97 Å². The number of carbonyl (C=O) groups is 1. The predicted molar refractivity (Wildman–Crippen MR) is 177 cm³/mol. The van der Waals surface area contributed by atoms with Crippen LogP contribution >= 0.6 is 0 Å². The van der Waals surface area contributed by atoms with Gasteiger partial charge < -0.3 is 53.2 Å². The maximum Gasteiger partial charge on any atom is 0.338 e. The van der Waals surface area contributed by atoms with Crippen molar-refractivity contribution in [2.45, 2.75) is 121 Å². The fourth-order valence-electron chi connectivity index (χ4n) is 6.49. The van der Waals surface area contributed by atoms with E-state index in [9.17, 15) is 20.1 Å². The number of hydrogen-bond donors (Lipinski definition) is 3. The number of aliphatic hydroxyl groups excluding tert-OH is 2. The van der Waals surface area contributed by atoms with Crippen molar-refractivity contribution in [3.8, 4) is 0 Å². The van der Waals surface area contributed by atoms with E-state index >= 15 is 0 Å². The number of carbonyl (C=O) groups excluding carboxylic acids is 1. The van der Waals surface area contributed by atoms with Gasteiger partial charge in [-0.25, -0.2) is 4.79 Å². The molecule has 274 valence electrons. The lowest BCUT2D eigenvalue weighted by Crippen LogP contribution is -2.68. The Hall–Kier alpha value is -1.97. The zero-order valence-electron chi connectivity index (χ0n) is 29.8. The summed E-state index contributed by atoms with van der Waals surface area (Å²) in [7, 11) is 5.84. The Kier molecular flexibility index (Phi) is 15.9. The Morgan fingerprint density at radius 3 is 2.27 bits per heavy atom. The minimum Gasteiger partial charge on any atom is -0.456 e. The van der Waals surface area contributed by atoms with Gasteiger partial charge in [0.05, 0.1) is 43.7 Å². The van der Waals surface area contributed by atoms with Crippen LogP contribution in [0.4, 0.5) is 0 Å². The highest BCUT2D eigenvalue weighted by Crippen LogP contribution is 2.46. The maximum absolute atomic E-state index is 13.9. The SMILES string of the molecule is CC[C@H](/C=C(/C)[C@@H]1C[C@@H](OC)C[C@H](O)C(C)(C)[C@@]2(O)O[C@@H](C[C@@H](OC)[C@H](OCOC)C(=O)O1)C[C@@H](OC)[C@H]2O)COCc1ccccc1. The molecule has 2 fully saturated rings. The zero-order valence-corrected chi connectivity index (χ0v) is 29.8. The largest absolute Gasteiger partial charge is 0.456 e. The van der Waals surface area contributed by atoms with Crippen LogP contribution in [0, 0.1) is 11.3 Å². The van der Waals surface area contributed by atoms with Crippen molar-refractivity contribution in [1.29, 1.82) is 0 Å². The van der Waals surface area contributed by atoms with Crippen LogP contribution in [-0.2, 0) is 49.3 Å². The summed E-state index contributed by atoms with van der Waals surface area (Å²) in [5.41, 5.74) is 0.479. The standard InChI is InChI=1S/C36H58O12/c1-9-24(20-45-21-25-13-11-10-12-14-25)15-23(2)28-16-26(42-6)19-31(37)35(3,4)36(40)33(38)30(44-8)18-27(48-36)17-29(43-7)32(34(39)47-28)46-22-41-5/h10-15,24,26-33,37-38,40H,9,16-22H2,1-8H3/b23-15-/t24-,26-,27+,28+,29-,30-,31+,32+,33-,36+/m1/s1. The maximum atomic E-state index is 13.9. The van der Waals surface area contributed by atoms with Crippen molar-refractivity contribution in [3.05, 3.63) is 47.5 Å². The van der Waals surface area contributed by atoms with Crippen LogP contribution in [0.2, 0.25) is 0 Å². The van der Waals surface area contributed by atoms with Crippen molar-refractivity contribution < 1.29 is 58.0 Å². The summed E-state index contributed by atoms with van der Waals surface area (Å²) < 4.78 is 46.6. The first-order valence-corrected chi connectivity index (χ1v) is 16.8. The fourth-order valence-corrected chi connectivity index (χ4v) is 6.49. The minimum atomic E-state index is -2.22. The molecule has 3 N–H and O–H groups in total. The van der Waals surface area contributed by atoms with E-state index in [0.717, 1.165) is 17.6 Å². The van der Waals surface area contributed by atoms with Crippen LogP contribution in [0.5, 0.6) is 0 Å². The van der Waals surface area contributed by atoms with Crippen LogP contribution in [0.3, 0.4) is 0 Å². The average Bonchev–Trinajstić information content (AvgIpc) is 3.07. The van der Waals surface area contributed by atoms with E-state index in [1.807, 2.05) is 37.3 Å².